The van der Waals surface area contributed by atoms with Crippen LogP contribution < -0.4 is 9.62 Å². The number of nitrogens with one attached hydrogen (secondary N) is 1. The van der Waals surface area contributed by atoms with E-state index in [4.69, 9.17) is 23.2 Å². The Balaban J connectivity index is 1.96. The minimum Gasteiger partial charge on any atom is -0.282 e. The van der Waals surface area contributed by atoms with Crippen LogP contribution in [0.1, 0.15) is 5.56 Å². The number of rotatable bonds is 2. The highest BCUT2D eigenvalue weighted by Gasteiger charge is 2.45. The Morgan fingerprint density at radius 3 is 2.39 bits per heavy atom. The van der Waals surface area contributed by atoms with Gasteiger partial charge in [-0.2, -0.15) is 4.31 Å². The first-order chi connectivity index (χ1) is 13.2. The fourth-order valence-electron chi connectivity index (χ4n) is 2.90. The molecular formula is C17H8Cl2N2O5S2. The summed E-state index contributed by atoms with van der Waals surface area (Å²) in [4.78, 5) is 36.2. The number of para-hydroxylation sites is 1. The van der Waals surface area contributed by atoms with Crippen LogP contribution in [0.2, 0.25) is 10.0 Å². The van der Waals surface area contributed by atoms with Crippen molar-refractivity contribution in [3.63, 3.8) is 0 Å². The summed E-state index contributed by atoms with van der Waals surface area (Å²) in [6, 6.07) is 9.93. The van der Waals surface area contributed by atoms with E-state index in [1.165, 1.54) is 24.3 Å². The van der Waals surface area contributed by atoms with Crippen molar-refractivity contribution in [2.45, 2.75) is 4.90 Å². The Labute approximate surface area is 173 Å². The van der Waals surface area contributed by atoms with Crippen LogP contribution in [0.25, 0.3) is 5.57 Å². The largest absolute Gasteiger partial charge is 0.290 e. The van der Waals surface area contributed by atoms with Gasteiger partial charge in [0, 0.05) is 10.6 Å². The van der Waals surface area contributed by atoms with Gasteiger partial charge in [0.05, 0.1) is 21.2 Å². The molecule has 11 heteroatoms. The SMILES string of the molecule is O=C1NC(=O)C(=C2C(=O)N(S(=O)(=O)c3cc(Cl)ccc3Cl)c3ccccc32)S1. The van der Waals surface area contributed by atoms with Crippen molar-refractivity contribution in [1.29, 1.82) is 0 Å². The van der Waals surface area contributed by atoms with Gasteiger partial charge in [-0.1, -0.05) is 41.4 Å². The Hall–Kier alpha value is -2.33. The van der Waals surface area contributed by atoms with Gasteiger partial charge >= 0.3 is 0 Å². The first kappa shape index (κ1) is 19.0. The van der Waals surface area contributed by atoms with Gasteiger partial charge in [-0.3, -0.25) is 19.7 Å². The second-order valence-electron chi connectivity index (χ2n) is 5.71. The Morgan fingerprint density at radius 2 is 1.71 bits per heavy atom. The maximum atomic E-state index is 13.3. The van der Waals surface area contributed by atoms with Crippen LogP contribution in [-0.4, -0.2) is 25.5 Å². The Morgan fingerprint density at radius 1 is 1.00 bits per heavy atom. The number of carbonyl (C=O) groups excluding carboxylic acids is 3. The summed E-state index contributed by atoms with van der Waals surface area (Å²) in [5.74, 6) is -1.71. The quantitative estimate of drug-likeness (QED) is 0.697. The van der Waals surface area contributed by atoms with Crippen LogP contribution in [0.15, 0.2) is 52.3 Å². The topological polar surface area (TPSA) is 101 Å². The van der Waals surface area contributed by atoms with Crippen molar-refractivity contribution in [3.8, 4) is 0 Å². The third-order valence-electron chi connectivity index (χ3n) is 4.05. The molecule has 0 aromatic heterocycles. The molecule has 7 nitrogen and oxygen atoms in total. The highest BCUT2D eigenvalue weighted by molar-refractivity contribution is 8.18. The molecule has 3 amide bonds. The first-order valence-corrected chi connectivity index (χ1v) is 10.6. The zero-order valence-electron chi connectivity index (χ0n) is 13.6. The molecule has 0 bridgehead atoms. The van der Waals surface area contributed by atoms with E-state index in [0.717, 1.165) is 6.07 Å². The standard InChI is InChI=1S/C17H8Cl2N2O5S2/c18-8-5-6-10(19)12(7-8)28(25,26)21-11-4-2-1-3-9(11)13(16(21)23)14-15(22)20-17(24)27-14/h1-7H,(H,20,22,24). The Kier molecular flexibility index (Phi) is 4.50. The summed E-state index contributed by atoms with van der Waals surface area (Å²) >= 11 is 12.5. The number of hydrogen-bond acceptors (Lipinski definition) is 6. The fourth-order valence-corrected chi connectivity index (χ4v) is 5.83. The molecule has 2 aliphatic rings. The minimum absolute atomic E-state index is 0.0544. The molecule has 2 aromatic carbocycles. The zero-order valence-corrected chi connectivity index (χ0v) is 16.7. The van der Waals surface area contributed by atoms with Gasteiger partial charge in [-0.15, -0.1) is 0 Å². The van der Waals surface area contributed by atoms with Crippen LogP contribution in [-0.2, 0) is 19.6 Å². The van der Waals surface area contributed by atoms with E-state index >= 15 is 0 Å². The van der Waals surface area contributed by atoms with Crippen molar-refractivity contribution < 1.29 is 22.8 Å². The lowest BCUT2D eigenvalue weighted by Gasteiger charge is -2.18. The number of amides is 3. The maximum absolute atomic E-state index is 13.3. The zero-order chi connectivity index (χ0) is 20.2. The third kappa shape index (κ3) is 2.82. The van der Waals surface area contributed by atoms with Crippen molar-refractivity contribution >= 4 is 73.3 Å². The van der Waals surface area contributed by atoms with Crippen LogP contribution >= 0.6 is 35.0 Å². The molecule has 1 saturated heterocycles. The number of fused-ring (bicyclic) bond motifs is 1. The van der Waals surface area contributed by atoms with E-state index in [2.05, 4.69) is 5.32 Å². The predicted molar refractivity (Wildman–Crippen MR) is 106 cm³/mol. The monoisotopic (exact) mass is 454 g/mol. The van der Waals surface area contributed by atoms with E-state index in [9.17, 15) is 22.8 Å². The van der Waals surface area contributed by atoms with E-state index in [0.29, 0.717) is 16.1 Å². The third-order valence-corrected chi connectivity index (χ3v) is 7.34. The second-order valence-corrected chi connectivity index (χ2v) is 9.30. The highest BCUT2D eigenvalue weighted by Crippen LogP contribution is 2.45. The molecule has 28 heavy (non-hydrogen) atoms. The molecule has 2 aliphatic heterocycles. The molecule has 0 radical (unpaired) electrons. The summed E-state index contributed by atoms with van der Waals surface area (Å²) in [6.45, 7) is 0. The molecule has 0 atom stereocenters. The second kappa shape index (κ2) is 6.63. The molecule has 142 valence electrons. The van der Waals surface area contributed by atoms with Crippen LogP contribution in [0.3, 0.4) is 0 Å². The van der Waals surface area contributed by atoms with Gasteiger partial charge in [0.25, 0.3) is 27.1 Å². The number of nitrogens with zero attached hydrogens (tertiary/aromatic N) is 1. The maximum Gasteiger partial charge on any atom is 0.290 e. The number of benzene rings is 2. The van der Waals surface area contributed by atoms with Gasteiger partial charge in [0.2, 0.25) is 0 Å². The molecule has 4 rings (SSSR count). The number of carbonyl (C=O) groups is 3. The van der Waals surface area contributed by atoms with Gasteiger partial charge in [-0.25, -0.2) is 8.42 Å². The number of thioether (sulfide) groups is 1. The van der Waals surface area contributed by atoms with E-state index in [1.807, 2.05) is 0 Å². The van der Waals surface area contributed by atoms with E-state index in [1.54, 1.807) is 12.1 Å². The summed E-state index contributed by atoms with van der Waals surface area (Å²) in [5, 5.41) is 1.43. The molecule has 0 saturated carbocycles. The predicted octanol–water partition coefficient (Wildman–Crippen LogP) is 3.42. The average Bonchev–Trinajstić information content (AvgIpc) is 3.12. The van der Waals surface area contributed by atoms with Crippen LogP contribution in [0.4, 0.5) is 10.5 Å². The summed E-state index contributed by atoms with van der Waals surface area (Å²) < 4.78 is 27.1. The number of halogens is 2. The van der Waals surface area contributed by atoms with E-state index < -0.39 is 27.1 Å². The molecule has 0 aliphatic carbocycles. The fraction of sp³-hybridized carbons (Fsp3) is 0. The van der Waals surface area contributed by atoms with Crippen LogP contribution in [0, 0.1) is 0 Å². The smallest absolute Gasteiger partial charge is 0.282 e. The first-order valence-electron chi connectivity index (χ1n) is 7.63. The normalized spacial score (nSPS) is 19.2. The molecule has 0 unspecified atom stereocenters. The van der Waals surface area contributed by atoms with Crippen LogP contribution in [0.5, 0.6) is 0 Å². The molecule has 2 aromatic rings. The molecular weight excluding hydrogens is 447 g/mol. The number of hydrogen-bond donors (Lipinski definition) is 1. The number of imide groups is 1. The summed E-state index contributed by atoms with van der Waals surface area (Å²) in [7, 11) is -4.44. The number of sulfonamides is 1. The lowest BCUT2D eigenvalue weighted by Crippen LogP contribution is -2.34. The van der Waals surface area contributed by atoms with Gasteiger partial charge in [0.15, 0.2) is 0 Å². The van der Waals surface area contributed by atoms with E-state index in [-0.39, 0.29) is 36.7 Å². The van der Waals surface area contributed by atoms with Crippen molar-refractivity contribution in [2.75, 3.05) is 4.31 Å². The van der Waals surface area contributed by atoms with Crippen molar-refractivity contribution in [3.05, 3.63) is 63.0 Å². The molecule has 1 fully saturated rings. The highest BCUT2D eigenvalue weighted by atomic mass is 35.5. The summed E-state index contributed by atoms with van der Waals surface area (Å²) in [6.07, 6.45) is 0. The van der Waals surface area contributed by atoms with Crippen molar-refractivity contribution in [2.24, 2.45) is 0 Å². The Bertz CT molecular complexity index is 1220. The van der Waals surface area contributed by atoms with Gasteiger partial charge in [0.1, 0.15) is 4.90 Å². The lowest BCUT2D eigenvalue weighted by molar-refractivity contribution is -0.116. The summed E-state index contributed by atoms with van der Waals surface area (Å²) in [5.41, 5.74) is 0.117. The molecule has 1 N–H and O–H groups in total. The number of anilines is 1. The average molecular weight is 455 g/mol. The molecule has 2 heterocycles. The lowest BCUT2D eigenvalue weighted by atomic mass is 10.1. The van der Waals surface area contributed by atoms with Crippen molar-refractivity contribution in [1.82, 2.24) is 5.32 Å². The molecule has 0 spiro atoms. The van der Waals surface area contributed by atoms with Gasteiger partial charge < -0.3 is 0 Å². The van der Waals surface area contributed by atoms with Gasteiger partial charge in [-0.05, 0) is 36.0 Å². The minimum atomic E-state index is -4.44.